The van der Waals surface area contributed by atoms with E-state index < -0.39 is 6.67 Å². The molecule has 0 spiro atoms. The van der Waals surface area contributed by atoms with E-state index in [1.165, 1.54) is 12.8 Å². The molecule has 0 radical (unpaired) electrons. The monoisotopic (exact) mass is 399 g/mol. The number of nitrogen functional groups attached to an aromatic ring is 1. The zero-order valence-corrected chi connectivity index (χ0v) is 16.6. The molecule has 0 aromatic carbocycles. The number of fused-ring (bicyclic) bond motifs is 2. The number of rotatable bonds is 6. The molecule has 4 aromatic rings. The van der Waals surface area contributed by atoms with Crippen LogP contribution < -0.4 is 16.8 Å². The molecule has 154 valence electrons. The van der Waals surface area contributed by atoms with E-state index in [1.54, 1.807) is 28.5 Å². The average molecular weight is 399 g/mol. The van der Waals surface area contributed by atoms with Crippen LogP contribution in [0, 0.1) is 0 Å². The van der Waals surface area contributed by atoms with Gasteiger partial charge < -0.3 is 16.8 Å². The summed E-state index contributed by atoms with van der Waals surface area (Å²) in [5, 5.41) is 11.8. The number of aromatic nitrogens is 6. The van der Waals surface area contributed by atoms with Gasteiger partial charge in [-0.1, -0.05) is 13.3 Å². The van der Waals surface area contributed by atoms with Crippen LogP contribution in [0.1, 0.15) is 25.5 Å². The largest absolute Gasteiger partial charge is 0.371 e. The van der Waals surface area contributed by atoms with Crippen LogP contribution >= 0.6 is 0 Å². The average Bonchev–Trinajstić information content (AvgIpc) is 3.32. The highest BCUT2D eigenvalue weighted by atomic mass is 19.1. The standard InChI is InChI=1S/C15H15FN8.C4H11N/c1-18-14-13-10(5-7-23(13)22-15(17)20-14)11-2-3-12-19-8-9(4-6-16)24(12)21-11;1-2-3-4-5/h2-3,5,7-8H,4,6H2,1H3,(H3,17,18,20,22);2-5H2,1H3. The molecule has 29 heavy (non-hydrogen) atoms. The van der Waals surface area contributed by atoms with Crippen molar-refractivity contribution in [2.24, 2.45) is 5.73 Å². The van der Waals surface area contributed by atoms with Crippen molar-refractivity contribution in [2.45, 2.75) is 26.2 Å². The molecular weight excluding hydrogens is 373 g/mol. The van der Waals surface area contributed by atoms with Crippen molar-refractivity contribution in [3.8, 4) is 11.3 Å². The zero-order chi connectivity index (χ0) is 20.8. The van der Waals surface area contributed by atoms with Gasteiger partial charge in [-0.05, 0) is 31.2 Å². The lowest BCUT2D eigenvalue weighted by atomic mass is 10.2. The molecule has 4 aromatic heterocycles. The Morgan fingerprint density at radius 1 is 1.21 bits per heavy atom. The molecule has 0 atom stereocenters. The molecule has 4 rings (SSSR count). The summed E-state index contributed by atoms with van der Waals surface area (Å²) >= 11 is 0. The van der Waals surface area contributed by atoms with E-state index in [0.717, 1.165) is 23.3 Å². The molecule has 5 N–H and O–H groups in total. The summed E-state index contributed by atoms with van der Waals surface area (Å²) in [6, 6.07) is 5.61. The van der Waals surface area contributed by atoms with Gasteiger partial charge in [-0.25, -0.2) is 14.0 Å². The van der Waals surface area contributed by atoms with Crippen LogP contribution in [0.15, 0.2) is 30.6 Å². The molecule has 9 nitrogen and oxygen atoms in total. The maximum absolute atomic E-state index is 12.7. The Labute approximate surface area is 167 Å². The first-order valence-corrected chi connectivity index (χ1v) is 9.55. The van der Waals surface area contributed by atoms with Crippen LogP contribution in [0.2, 0.25) is 0 Å². The maximum atomic E-state index is 12.7. The first kappa shape index (κ1) is 20.5. The lowest BCUT2D eigenvalue weighted by Gasteiger charge is -2.07. The summed E-state index contributed by atoms with van der Waals surface area (Å²) in [6.45, 7) is 2.52. The zero-order valence-electron chi connectivity index (χ0n) is 16.6. The highest BCUT2D eigenvalue weighted by Gasteiger charge is 2.15. The molecule has 4 heterocycles. The summed E-state index contributed by atoms with van der Waals surface area (Å²) in [5.74, 6) is 0.788. The number of nitrogens with one attached hydrogen (secondary N) is 1. The van der Waals surface area contributed by atoms with Gasteiger partial charge >= 0.3 is 0 Å². The quantitative estimate of drug-likeness (QED) is 0.454. The van der Waals surface area contributed by atoms with Crippen molar-refractivity contribution in [1.29, 1.82) is 0 Å². The fraction of sp³-hybridized carbons (Fsp3) is 0.368. The fourth-order valence-electron chi connectivity index (χ4n) is 2.96. The molecule has 0 fully saturated rings. The Bertz CT molecular complexity index is 1080. The number of halogens is 1. The molecule has 0 aliphatic heterocycles. The lowest BCUT2D eigenvalue weighted by molar-refractivity contribution is 0.489. The second-order valence-corrected chi connectivity index (χ2v) is 6.41. The number of anilines is 2. The Kier molecular flexibility index (Phi) is 6.55. The van der Waals surface area contributed by atoms with E-state index in [0.29, 0.717) is 17.2 Å². The molecule has 0 saturated carbocycles. The number of hydrogen-bond donors (Lipinski definition) is 3. The van der Waals surface area contributed by atoms with E-state index in [-0.39, 0.29) is 12.4 Å². The molecule has 0 aliphatic rings. The second kappa shape index (κ2) is 9.28. The maximum Gasteiger partial charge on any atom is 0.240 e. The van der Waals surface area contributed by atoms with E-state index in [4.69, 9.17) is 11.5 Å². The summed E-state index contributed by atoms with van der Waals surface area (Å²) in [4.78, 5) is 8.46. The smallest absolute Gasteiger partial charge is 0.240 e. The number of nitrogens with zero attached hydrogens (tertiary/aromatic N) is 6. The van der Waals surface area contributed by atoms with E-state index >= 15 is 0 Å². The van der Waals surface area contributed by atoms with E-state index in [9.17, 15) is 4.39 Å². The normalized spacial score (nSPS) is 10.9. The summed E-state index contributed by atoms with van der Waals surface area (Å²) < 4.78 is 16.0. The van der Waals surface area contributed by atoms with E-state index in [2.05, 4.69) is 32.4 Å². The number of unbranched alkanes of at least 4 members (excludes halogenated alkanes) is 1. The van der Waals surface area contributed by atoms with Gasteiger partial charge in [0.1, 0.15) is 5.52 Å². The third-order valence-corrected chi connectivity index (χ3v) is 4.38. The molecule has 0 amide bonds. The van der Waals surface area contributed by atoms with Gasteiger partial charge in [-0.2, -0.15) is 10.1 Å². The third kappa shape index (κ3) is 4.27. The van der Waals surface area contributed by atoms with Crippen LogP contribution in [-0.2, 0) is 6.42 Å². The van der Waals surface area contributed by atoms with Crippen molar-refractivity contribution < 1.29 is 4.39 Å². The minimum Gasteiger partial charge on any atom is -0.371 e. The number of aryl methyl sites for hydroxylation is 1. The van der Waals surface area contributed by atoms with Crippen molar-refractivity contribution in [1.82, 2.24) is 29.2 Å². The summed E-state index contributed by atoms with van der Waals surface area (Å²) in [7, 11) is 1.77. The Hall–Kier alpha value is -3.27. The van der Waals surface area contributed by atoms with Gasteiger partial charge in [-0.3, -0.25) is 4.39 Å². The van der Waals surface area contributed by atoms with Crippen LogP contribution in [0.25, 0.3) is 22.4 Å². The first-order chi connectivity index (χ1) is 14.1. The van der Waals surface area contributed by atoms with Crippen molar-refractivity contribution in [3.05, 3.63) is 36.3 Å². The minimum absolute atomic E-state index is 0.178. The highest BCUT2D eigenvalue weighted by molar-refractivity contribution is 5.87. The molecular formula is C19H26FN9. The van der Waals surface area contributed by atoms with Crippen LogP contribution in [0.3, 0.4) is 0 Å². The molecule has 10 heteroatoms. The van der Waals surface area contributed by atoms with Gasteiger partial charge in [0.25, 0.3) is 0 Å². The number of alkyl halides is 1. The lowest BCUT2D eigenvalue weighted by Crippen LogP contribution is -2.06. The topological polar surface area (TPSA) is 124 Å². The number of nitrogens with two attached hydrogens (primary N) is 2. The third-order valence-electron chi connectivity index (χ3n) is 4.38. The molecule has 0 saturated heterocycles. The SMILES string of the molecule is CCCCN.CNc1nc(N)nn2ccc(-c3ccc4ncc(CCF)n4n3)c12. The summed E-state index contributed by atoms with van der Waals surface area (Å²) in [6.07, 6.45) is 6.10. The number of imidazole rings is 1. The van der Waals surface area contributed by atoms with Crippen molar-refractivity contribution in [3.63, 3.8) is 0 Å². The Balaban J connectivity index is 0.000000431. The Morgan fingerprint density at radius 3 is 2.69 bits per heavy atom. The predicted molar refractivity (Wildman–Crippen MR) is 113 cm³/mol. The predicted octanol–water partition coefficient (Wildman–Crippen LogP) is 2.32. The van der Waals surface area contributed by atoms with E-state index in [1.807, 2.05) is 18.2 Å². The fourth-order valence-corrected chi connectivity index (χ4v) is 2.96. The van der Waals surface area contributed by atoms with Gasteiger partial charge in [0.2, 0.25) is 5.95 Å². The van der Waals surface area contributed by atoms with Gasteiger partial charge in [0.15, 0.2) is 11.5 Å². The number of hydrogen-bond acceptors (Lipinski definition) is 7. The molecule has 0 unspecified atom stereocenters. The summed E-state index contributed by atoms with van der Waals surface area (Å²) in [5.41, 5.74) is 14.6. The highest BCUT2D eigenvalue weighted by Crippen LogP contribution is 2.28. The first-order valence-electron chi connectivity index (χ1n) is 9.55. The molecule has 0 bridgehead atoms. The van der Waals surface area contributed by atoms with Crippen LogP contribution in [0.4, 0.5) is 16.2 Å². The van der Waals surface area contributed by atoms with Crippen molar-refractivity contribution >= 4 is 22.9 Å². The Morgan fingerprint density at radius 2 is 2.03 bits per heavy atom. The minimum atomic E-state index is -0.452. The van der Waals surface area contributed by atoms with Crippen LogP contribution in [-0.4, -0.2) is 49.5 Å². The molecule has 0 aliphatic carbocycles. The van der Waals surface area contributed by atoms with Gasteiger partial charge in [-0.15, -0.1) is 5.10 Å². The van der Waals surface area contributed by atoms with Crippen LogP contribution in [0.5, 0.6) is 0 Å². The second-order valence-electron chi connectivity index (χ2n) is 6.41. The van der Waals surface area contributed by atoms with Gasteiger partial charge in [0, 0.05) is 25.2 Å². The van der Waals surface area contributed by atoms with Crippen molar-refractivity contribution in [2.75, 3.05) is 31.3 Å². The van der Waals surface area contributed by atoms with Gasteiger partial charge in [0.05, 0.1) is 24.3 Å².